The summed E-state index contributed by atoms with van der Waals surface area (Å²) in [6, 6.07) is 12.1. The van der Waals surface area contributed by atoms with Crippen molar-refractivity contribution >= 4 is 34.8 Å². The smallest absolute Gasteiger partial charge is 0.417 e. The number of nitrogens with two attached hydrogens (primary N) is 1. The minimum atomic E-state index is -4.63. The van der Waals surface area contributed by atoms with Crippen molar-refractivity contribution in [1.82, 2.24) is 4.98 Å². The second-order valence-corrected chi connectivity index (χ2v) is 6.95. The zero-order valence-electron chi connectivity index (χ0n) is 16.3. The Morgan fingerprint density at radius 3 is 2.38 bits per heavy atom. The van der Waals surface area contributed by atoms with Crippen LogP contribution >= 0.6 is 11.6 Å². The largest absolute Gasteiger partial charge is 0.489 e. The SMILES string of the molecule is N=C(N)c1cc(COc2ccc(NC(=O)Nc3ccc(Cl)c(C(F)(F)F)c3)cc2)ccn1. The predicted molar refractivity (Wildman–Crippen MR) is 115 cm³/mol. The summed E-state index contributed by atoms with van der Waals surface area (Å²) < 4.78 is 44.5. The van der Waals surface area contributed by atoms with Gasteiger partial charge in [-0.15, -0.1) is 0 Å². The van der Waals surface area contributed by atoms with E-state index in [9.17, 15) is 18.0 Å². The summed E-state index contributed by atoms with van der Waals surface area (Å²) in [5.41, 5.74) is 5.84. The molecule has 3 rings (SSSR count). The molecule has 0 saturated carbocycles. The third kappa shape index (κ3) is 6.11. The molecule has 7 nitrogen and oxygen atoms in total. The maximum Gasteiger partial charge on any atom is 0.417 e. The Labute approximate surface area is 185 Å². The van der Waals surface area contributed by atoms with Crippen molar-refractivity contribution in [1.29, 1.82) is 5.41 Å². The lowest BCUT2D eigenvalue weighted by molar-refractivity contribution is -0.137. The lowest BCUT2D eigenvalue weighted by Crippen LogP contribution is -2.19. The number of carbonyl (C=O) groups excluding carboxylic acids is 1. The van der Waals surface area contributed by atoms with E-state index in [1.165, 1.54) is 12.3 Å². The van der Waals surface area contributed by atoms with E-state index >= 15 is 0 Å². The Hall–Kier alpha value is -3.79. The van der Waals surface area contributed by atoms with Gasteiger partial charge >= 0.3 is 12.2 Å². The number of benzene rings is 2. The van der Waals surface area contributed by atoms with Gasteiger partial charge < -0.3 is 21.1 Å². The Bertz CT molecular complexity index is 1140. The molecule has 0 spiro atoms. The first-order valence-corrected chi connectivity index (χ1v) is 9.46. The lowest BCUT2D eigenvalue weighted by atomic mass is 10.2. The second-order valence-electron chi connectivity index (χ2n) is 6.55. The van der Waals surface area contributed by atoms with Crippen molar-refractivity contribution in [2.75, 3.05) is 10.6 Å². The number of urea groups is 1. The molecule has 0 radical (unpaired) electrons. The first-order valence-electron chi connectivity index (χ1n) is 9.09. The molecule has 0 saturated heterocycles. The summed E-state index contributed by atoms with van der Waals surface area (Å²) in [5.74, 6) is 0.374. The zero-order valence-corrected chi connectivity index (χ0v) is 17.1. The van der Waals surface area contributed by atoms with Crippen molar-refractivity contribution in [3.05, 3.63) is 82.6 Å². The molecule has 166 valence electrons. The number of nitrogens with zero attached hydrogens (tertiary/aromatic N) is 1. The number of pyridine rings is 1. The molecule has 5 N–H and O–H groups in total. The quantitative estimate of drug-likeness (QED) is 0.295. The van der Waals surface area contributed by atoms with Crippen LogP contribution in [0.25, 0.3) is 0 Å². The number of nitrogen functional groups attached to an aromatic ring is 1. The van der Waals surface area contributed by atoms with Crippen LogP contribution in [-0.2, 0) is 12.8 Å². The Morgan fingerprint density at radius 1 is 1.06 bits per heavy atom. The van der Waals surface area contributed by atoms with Gasteiger partial charge in [0.05, 0.1) is 10.6 Å². The monoisotopic (exact) mass is 463 g/mol. The van der Waals surface area contributed by atoms with Crippen LogP contribution in [0.3, 0.4) is 0 Å². The average Bonchev–Trinajstić information content (AvgIpc) is 2.74. The molecule has 1 heterocycles. The van der Waals surface area contributed by atoms with Crippen molar-refractivity contribution < 1.29 is 22.7 Å². The van der Waals surface area contributed by atoms with E-state index in [2.05, 4.69) is 15.6 Å². The highest BCUT2D eigenvalue weighted by molar-refractivity contribution is 6.31. The summed E-state index contributed by atoms with van der Waals surface area (Å²) in [5, 5.41) is 11.8. The number of aromatic nitrogens is 1. The third-order valence-electron chi connectivity index (χ3n) is 4.15. The number of amidine groups is 1. The molecular weight excluding hydrogens is 447 g/mol. The predicted octanol–water partition coefficient (Wildman–Crippen LogP) is 5.26. The van der Waals surface area contributed by atoms with Gasteiger partial charge in [-0.1, -0.05) is 11.6 Å². The normalized spacial score (nSPS) is 11.0. The molecule has 1 aromatic heterocycles. The van der Waals surface area contributed by atoms with E-state index in [1.807, 2.05) is 0 Å². The fraction of sp³-hybridized carbons (Fsp3) is 0.0952. The summed E-state index contributed by atoms with van der Waals surface area (Å²) in [6.45, 7) is 0.216. The standard InChI is InChI=1S/C21H17ClF3N5O2/c22-17-6-3-14(10-16(17)21(23,24)25)30-20(31)29-13-1-4-15(5-2-13)32-11-12-7-8-28-18(9-12)19(26)27/h1-10H,11H2,(H3,26,27)(H2,29,30,31). The summed E-state index contributed by atoms with van der Waals surface area (Å²) in [4.78, 5) is 16.1. The minimum Gasteiger partial charge on any atom is -0.489 e. The number of amides is 2. The van der Waals surface area contributed by atoms with Crippen LogP contribution in [0, 0.1) is 5.41 Å². The van der Waals surface area contributed by atoms with Gasteiger partial charge in [0.25, 0.3) is 0 Å². The molecule has 0 fully saturated rings. The van der Waals surface area contributed by atoms with Gasteiger partial charge in [-0.3, -0.25) is 10.4 Å². The number of alkyl halides is 3. The van der Waals surface area contributed by atoms with Crippen LogP contribution in [0.5, 0.6) is 5.75 Å². The molecule has 0 aliphatic rings. The number of anilines is 2. The number of nitrogens with one attached hydrogen (secondary N) is 3. The van der Waals surface area contributed by atoms with E-state index in [-0.39, 0.29) is 18.1 Å². The van der Waals surface area contributed by atoms with Gasteiger partial charge in [0, 0.05) is 17.6 Å². The molecular formula is C21H17ClF3N5O2. The van der Waals surface area contributed by atoms with E-state index in [1.54, 1.807) is 36.4 Å². The topological polar surface area (TPSA) is 113 Å². The maximum absolute atomic E-state index is 12.9. The second kappa shape index (κ2) is 9.56. The molecule has 0 bridgehead atoms. The molecule has 2 amide bonds. The molecule has 32 heavy (non-hydrogen) atoms. The third-order valence-corrected chi connectivity index (χ3v) is 4.48. The van der Waals surface area contributed by atoms with E-state index in [0.29, 0.717) is 17.1 Å². The van der Waals surface area contributed by atoms with E-state index in [4.69, 9.17) is 27.5 Å². The maximum atomic E-state index is 12.9. The average molecular weight is 464 g/mol. The highest BCUT2D eigenvalue weighted by Crippen LogP contribution is 2.36. The Kier molecular flexibility index (Phi) is 6.84. The highest BCUT2D eigenvalue weighted by atomic mass is 35.5. The first kappa shape index (κ1) is 22.9. The van der Waals surface area contributed by atoms with Gasteiger partial charge in [0.1, 0.15) is 23.9 Å². The Balaban J connectivity index is 1.57. The van der Waals surface area contributed by atoms with Crippen LogP contribution < -0.4 is 21.1 Å². The van der Waals surface area contributed by atoms with Crippen LogP contribution in [0.4, 0.5) is 29.3 Å². The van der Waals surface area contributed by atoms with Gasteiger partial charge in [0.15, 0.2) is 0 Å². The summed E-state index contributed by atoms with van der Waals surface area (Å²) >= 11 is 5.57. The number of hydrogen-bond donors (Lipinski definition) is 4. The van der Waals surface area contributed by atoms with E-state index in [0.717, 1.165) is 17.7 Å². The molecule has 0 aliphatic heterocycles. The number of ether oxygens (including phenoxy) is 1. The fourth-order valence-electron chi connectivity index (χ4n) is 2.63. The summed E-state index contributed by atoms with van der Waals surface area (Å²) in [7, 11) is 0. The van der Waals surface area contributed by atoms with Crippen LogP contribution in [0.1, 0.15) is 16.8 Å². The summed E-state index contributed by atoms with van der Waals surface area (Å²) in [6.07, 6.45) is -3.11. The molecule has 0 unspecified atom stereocenters. The molecule has 3 aromatic rings. The van der Waals surface area contributed by atoms with Crippen LogP contribution in [0.2, 0.25) is 5.02 Å². The number of hydrogen-bond acceptors (Lipinski definition) is 4. The number of rotatable bonds is 6. The number of carbonyl (C=O) groups is 1. The van der Waals surface area contributed by atoms with Crippen molar-refractivity contribution in [3.63, 3.8) is 0 Å². The Morgan fingerprint density at radius 2 is 1.72 bits per heavy atom. The molecule has 11 heteroatoms. The molecule has 0 aliphatic carbocycles. The van der Waals surface area contributed by atoms with Crippen LogP contribution in [-0.4, -0.2) is 16.9 Å². The van der Waals surface area contributed by atoms with Gasteiger partial charge in [-0.05, 0) is 60.2 Å². The van der Waals surface area contributed by atoms with Crippen molar-refractivity contribution in [3.8, 4) is 5.75 Å². The van der Waals surface area contributed by atoms with E-state index < -0.39 is 22.8 Å². The molecule has 0 atom stereocenters. The van der Waals surface area contributed by atoms with Gasteiger partial charge in [0.2, 0.25) is 0 Å². The zero-order chi connectivity index (χ0) is 23.3. The van der Waals surface area contributed by atoms with Crippen LogP contribution in [0.15, 0.2) is 60.8 Å². The first-order chi connectivity index (χ1) is 15.1. The van der Waals surface area contributed by atoms with Gasteiger partial charge in [-0.2, -0.15) is 13.2 Å². The fourth-order valence-corrected chi connectivity index (χ4v) is 2.85. The van der Waals surface area contributed by atoms with Crippen molar-refractivity contribution in [2.45, 2.75) is 12.8 Å². The minimum absolute atomic E-state index is 0.0542. The van der Waals surface area contributed by atoms with Crippen molar-refractivity contribution in [2.24, 2.45) is 5.73 Å². The molecule has 2 aromatic carbocycles. The highest BCUT2D eigenvalue weighted by Gasteiger charge is 2.33. The number of halogens is 4. The lowest BCUT2D eigenvalue weighted by Gasteiger charge is -2.12. The van der Waals surface area contributed by atoms with Gasteiger partial charge in [-0.25, -0.2) is 4.79 Å².